The maximum atomic E-state index is 12.6. The molecule has 1 amide bonds. The Morgan fingerprint density at radius 2 is 2.04 bits per heavy atom. The molecule has 0 aliphatic rings. The monoisotopic (exact) mass is 321 g/mol. The number of rotatable bonds is 2. The Morgan fingerprint density at radius 3 is 2.78 bits per heavy atom. The van der Waals surface area contributed by atoms with E-state index in [9.17, 15) is 18.0 Å². The molecular formula is C14H10F3N5O. The number of pyridine rings is 2. The highest BCUT2D eigenvalue weighted by Crippen LogP contribution is 2.28. The second-order valence-corrected chi connectivity index (χ2v) is 4.83. The third-order valence-electron chi connectivity index (χ3n) is 3.17. The maximum absolute atomic E-state index is 12.6. The number of nitrogens with one attached hydrogen (secondary N) is 2. The second-order valence-electron chi connectivity index (χ2n) is 4.83. The van der Waals surface area contributed by atoms with Gasteiger partial charge in [0.05, 0.1) is 11.9 Å². The first-order valence-corrected chi connectivity index (χ1v) is 6.50. The summed E-state index contributed by atoms with van der Waals surface area (Å²) < 4.78 is 37.9. The lowest BCUT2D eigenvalue weighted by atomic mass is 10.2. The third-order valence-corrected chi connectivity index (χ3v) is 3.17. The summed E-state index contributed by atoms with van der Waals surface area (Å²) in [7, 11) is 0. The van der Waals surface area contributed by atoms with Gasteiger partial charge in [0.15, 0.2) is 5.65 Å². The van der Waals surface area contributed by atoms with E-state index in [0.717, 1.165) is 11.9 Å². The van der Waals surface area contributed by atoms with Gasteiger partial charge < -0.3 is 5.32 Å². The van der Waals surface area contributed by atoms with Crippen LogP contribution in [0, 0.1) is 6.92 Å². The molecule has 23 heavy (non-hydrogen) atoms. The quantitative estimate of drug-likeness (QED) is 0.760. The van der Waals surface area contributed by atoms with Gasteiger partial charge in [0.25, 0.3) is 5.91 Å². The van der Waals surface area contributed by atoms with Gasteiger partial charge in [-0.2, -0.15) is 18.3 Å². The fourth-order valence-electron chi connectivity index (χ4n) is 2.02. The number of fused-ring (bicyclic) bond motifs is 1. The number of hydrogen-bond acceptors (Lipinski definition) is 4. The van der Waals surface area contributed by atoms with Gasteiger partial charge in [-0.1, -0.05) is 0 Å². The number of aromatic nitrogens is 4. The fourth-order valence-corrected chi connectivity index (χ4v) is 2.02. The summed E-state index contributed by atoms with van der Waals surface area (Å²) in [6, 6.07) is 3.55. The molecule has 3 heterocycles. The maximum Gasteiger partial charge on any atom is 0.433 e. The van der Waals surface area contributed by atoms with Crippen molar-refractivity contribution in [3.63, 3.8) is 0 Å². The number of H-pyrrole nitrogens is 1. The number of alkyl halides is 3. The molecule has 0 unspecified atom stereocenters. The Labute approximate surface area is 127 Å². The summed E-state index contributed by atoms with van der Waals surface area (Å²) in [5, 5.41) is 9.93. The molecule has 0 aliphatic carbocycles. The molecule has 0 bridgehead atoms. The summed E-state index contributed by atoms with van der Waals surface area (Å²) in [5.74, 6) is -0.680. The predicted octanol–water partition coefficient (Wildman–Crippen LogP) is 2.93. The first kappa shape index (κ1) is 14.9. The minimum absolute atomic E-state index is 0.142. The van der Waals surface area contributed by atoms with Gasteiger partial charge in [-0.3, -0.25) is 14.9 Å². The molecule has 0 atom stereocenters. The number of anilines is 1. The summed E-state index contributed by atoms with van der Waals surface area (Å²) in [5.41, 5.74) is 0.355. The molecule has 0 spiro atoms. The van der Waals surface area contributed by atoms with Gasteiger partial charge in [-0.25, -0.2) is 4.98 Å². The van der Waals surface area contributed by atoms with Crippen LogP contribution in [0.5, 0.6) is 0 Å². The van der Waals surface area contributed by atoms with Crippen LogP contribution in [0.15, 0.2) is 30.6 Å². The number of aryl methyl sites for hydroxylation is 1. The molecule has 6 nitrogen and oxygen atoms in total. The molecular weight excluding hydrogens is 311 g/mol. The Kier molecular flexibility index (Phi) is 3.47. The predicted molar refractivity (Wildman–Crippen MR) is 75.8 cm³/mol. The Bertz CT molecular complexity index is 887. The lowest BCUT2D eigenvalue weighted by molar-refractivity contribution is -0.141. The molecule has 2 N–H and O–H groups in total. The van der Waals surface area contributed by atoms with E-state index >= 15 is 0 Å². The molecule has 0 saturated heterocycles. The highest BCUT2D eigenvalue weighted by molar-refractivity contribution is 6.04. The van der Waals surface area contributed by atoms with Crippen LogP contribution in [0.1, 0.15) is 21.7 Å². The van der Waals surface area contributed by atoms with E-state index in [2.05, 4.69) is 25.5 Å². The number of aromatic amines is 1. The van der Waals surface area contributed by atoms with Crippen LogP contribution in [0.3, 0.4) is 0 Å². The summed E-state index contributed by atoms with van der Waals surface area (Å²) >= 11 is 0. The minimum atomic E-state index is -4.61. The Morgan fingerprint density at radius 1 is 1.26 bits per heavy atom. The number of carbonyl (C=O) groups excluding carboxylic acids is 1. The van der Waals surface area contributed by atoms with E-state index in [0.29, 0.717) is 22.8 Å². The van der Waals surface area contributed by atoms with Crippen LogP contribution in [0.2, 0.25) is 0 Å². The SMILES string of the molecule is Cc1[nH]nc2ncc(NC(=O)c3ccnc(C(F)(F)F)c3)cc12. The van der Waals surface area contributed by atoms with Crippen molar-refractivity contribution in [2.75, 3.05) is 5.32 Å². The van der Waals surface area contributed by atoms with Gasteiger partial charge >= 0.3 is 6.18 Å². The average molecular weight is 321 g/mol. The van der Waals surface area contributed by atoms with Crippen LogP contribution < -0.4 is 5.32 Å². The van der Waals surface area contributed by atoms with Crippen LogP contribution in [0.25, 0.3) is 11.0 Å². The van der Waals surface area contributed by atoms with Crippen molar-refractivity contribution in [3.05, 3.63) is 47.5 Å². The van der Waals surface area contributed by atoms with Crippen molar-refractivity contribution < 1.29 is 18.0 Å². The van der Waals surface area contributed by atoms with Gasteiger partial charge in [-0.15, -0.1) is 0 Å². The number of halogens is 3. The second kappa shape index (κ2) is 5.34. The van der Waals surface area contributed by atoms with Crippen molar-refractivity contribution in [1.29, 1.82) is 0 Å². The number of nitrogens with zero attached hydrogens (tertiary/aromatic N) is 3. The van der Waals surface area contributed by atoms with E-state index in [-0.39, 0.29) is 5.56 Å². The highest BCUT2D eigenvalue weighted by atomic mass is 19.4. The van der Waals surface area contributed by atoms with Crippen molar-refractivity contribution in [3.8, 4) is 0 Å². The highest BCUT2D eigenvalue weighted by Gasteiger charge is 2.32. The molecule has 9 heteroatoms. The summed E-state index contributed by atoms with van der Waals surface area (Å²) in [6.45, 7) is 1.79. The van der Waals surface area contributed by atoms with Crippen molar-refractivity contribution in [1.82, 2.24) is 20.2 Å². The average Bonchev–Trinajstić information content (AvgIpc) is 2.88. The van der Waals surface area contributed by atoms with E-state index in [1.807, 2.05) is 0 Å². The fraction of sp³-hybridized carbons (Fsp3) is 0.143. The van der Waals surface area contributed by atoms with Crippen molar-refractivity contribution >= 4 is 22.6 Å². The number of hydrogen-bond donors (Lipinski definition) is 2. The van der Waals surface area contributed by atoms with Gasteiger partial charge in [0.2, 0.25) is 0 Å². The molecule has 0 saturated carbocycles. The lowest BCUT2D eigenvalue weighted by Crippen LogP contribution is -2.15. The lowest BCUT2D eigenvalue weighted by Gasteiger charge is -2.08. The van der Waals surface area contributed by atoms with Gasteiger partial charge in [-0.05, 0) is 25.1 Å². The molecule has 118 valence electrons. The smallest absolute Gasteiger partial charge is 0.321 e. The van der Waals surface area contributed by atoms with Crippen molar-refractivity contribution in [2.24, 2.45) is 0 Å². The molecule has 0 aliphatic heterocycles. The first-order valence-electron chi connectivity index (χ1n) is 6.50. The zero-order chi connectivity index (χ0) is 16.6. The molecule has 3 rings (SSSR count). The molecule has 3 aromatic rings. The largest absolute Gasteiger partial charge is 0.433 e. The van der Waals surface area contributed by atoms with Crippen LogP contribution >= 0.6 is 0 Å². The van der Waals surface area contributed by atoms with Gasteiger partial charge in [0, 0.05) is 22.8 Å². The Balaban J connectivity index is 1.87. The molecule has 3 aromatic heterocycles. The molecule has 0 radical (unpaired) electrons. The summed E-state index contributed by atoms with van der Waals surface area (Å²) in [4.78, 5) is 19.4. The number of amides is 1. The van der Waals surface area contributed by atoms with Gasteiger partial charge in [0.1, 0.15) is 5.69 Å². The van der Waals surface area contributed by atoms with E-state index in [1.54, 1.807) is 13.0 Å². The van der Waals surface area contributed by atoms with E-state index in [1.165, 1.54) is 12.3 Å². The zero-order valence-corrected chi connectivity index (χ0v) is 11.8. The number of carbonyl (C=O) groups is 1. The molecule has 0 aromatic carbocycles. The van der Waals surface area contributed by atoms with Crippen LogP contribution in [-0.2, 0) is 6.18 Å². The van der Waals surface area contributed by atoms with Crippen molar-refractivity contribution in [2.45, 2.75) is 13.1 Å². The van der Waals surface area contributed by atoms with E-state index < -0.39 is 17.8 Å². The summed E-state index contributed by atoms with van der Waals surface area (Å²) in [6.07, 6.45) is -2.28. The molecule has 0 fully saturated rings. The normalized spacial score (nSPS) is 11.7. The van der Waals surface area contributed by atoms with Crippen LogP contribution in [0.4, 0.5) is 18.9 Å². The standard InChI is InChI=1S/C14H10F3N5O/c1-7-10-5-9(6-19-12(10)22-21-7)20-13(23)8-2-3-18-11(4-8)14(15,16)17/h2-6H,1H3,(H,20,23)(H,19,21,22). The topological polar surface area (TPSA) is 83.6 Å². The Hall–Kier alpha value is -2.97. The van der Waals surface area contributed by atoms with Crippen LogP contribution in [-0.4, -0.2) is 26.1 Å². The third kappa shape index (κ3) is 2.98. The first-order chi connectivity index (χ1) is 10.8. The minimum Gasteiger partial charge on any atom is -0.321 e. The van der Waals surface area contributed by atoms with E-state index in [4.69, 9.17) is 0 Å². The zero-order valence-electron chi connectivity index (χ0n) is 11.8.